The molecule has 1 aromatic carbocycles. The summed E-state index contributed by atoms with van der Waals surface area (Å²) in [4.78, 5) is 26.0. The van der Waals surface area contributed by atoms with Gasteiger partial charge in [0.2, 0.25) is 5.91 Å². The Bertz CT molecular complexity index is 467. The van der Waals surface area contributed by atoms with E-state index in [1.807, 2.05) is 38.1 Å². The van der Waals surface area contributed by atoms with Crippen LogP contribution in [0.4, 0.5) is 5.69 Å². The lowest BCUT2D eigenvalue weighted by Gasteiger charge is -2.32. The molecule has 0 bridgehead atoms. The van der Waals surface area contributed by atoms with Crippen molar-refractivity contribution < 1.29 is 9.59 Å². The Kier molecular flexibility index (Phi) is 3.80. The summed E-state index contributed by atoms with van der Waals surface area (Å²) in [5.74, 6) is -0.385. The van der Waals surface area contributed by atoms with E-state index in [0.29, 0.717) is 12.8 Å². The number of rotatable bonds is 3. The average Bonchev–Trinajstić information content (AvgIpc) is 2.39. The summed E-state index contributed by atoms with van der Waals surface area (Å²) in [5.41, 5.74) is 2.02. The maximum Gasteiger partial charge on any atom is 0.237 e. The molecule has 0 unspecified atom stereocenters. The average molecular weight is 245 g/mol. The number of hydrogen-bond donors (Lipinski definition) is 0. The van der Waals surface area contributed by atoms with Crippen molar-refractivity contribution in [2.24, 2.45) is 5.92 Å². The second-order valence-electron chi connectivity index (χ2n) is 4.79. The molecule has 0 aromatic heterocycles. The van der Waals surface area contributed by atoms with Gasteiger partial charge in [0.25, 0.3) is 0 Å². The number of ketones is 1. The van der Waals surface area contributed by atoms with Gasteiger partial charge in [0.1, 0.15) is 5.78 Å². The molecule has 1 fully saturated rings. The van der Waals surface area contributed by atoms with E-state index in [-0.39, 0.29) is 11.7 Å². The molecule has 1 aliphatic heterocycles. The van der Waals surface area contributed by atoms with Crippen molar-refractivity contribution in [3.05, 3.63) is 29.8 Å². The normalized spacial score (nSPS) is 20.0. The SMILES string of the molecule is CCC(=O)[C@@H]1CCCN(c2ccccc2C)C1=O. The number of amides is 1. The molecule has 1 atom stereocenters. The Labute approximate surface area is 108 Å². The van der Waals surface area contributed by atoms with Crippen LogP contribution < -0.4 is 4.90 Å². The van der Waals surface area contributed by atoms with Crippen LogP contribution in [0.25, 0.3) is 0 Å². The number of piperidine rings is 1. The molecule has 0 spiro atoms. The first-order valence-corrected chi connectivity index (χ1v) is 6.55. The smallest absolute Gasteiger partial charge is 0.237 e. The van der Waals surface area contributed by atoms with Gasteiger partial charge in [-0.15, -0.1) is 0 Å². The van der Waals surface area contributed by atoms with Crippen LogP contribution in [0.5, 0.6) is 0 Å². The zero-order chi connectivity index (χ0) is 13.1. The maximum absolute atomic E-state index is 12.4. The third-order valence-corrected chi connectivity index (χ3v) is 3.58. The van der Waals surface area contributed by atoms with Crippen LogP contribution >= 0.6 is 0 Å². The van der Waals surface area contributed by atoms with Crippen molar-refractivity contribution in [2.75, 3.05) is 11.4 Å². The van der Waals surface area contributed by atoms with Crippen molar-refractivity contribution in [3.63, 3.8) is 0 Å². The number of carbonyl (C=O) groups excluding carboxylic acids is 2. The predicted octanol–water partition coefficient (Wildman–Crippen LogP) is 2.72. The van der Waals surface area contributed by atoms with Gasteiger partial charge in [-0.25, -0.2) is 0 Å². The molecule has 3 heteroatoms. The summed E-state index contributed by atoms with van der Waals surface area (Å²) < 4.78 is 0. The van der Waals surface area contributed by atoms with Gasteiger partial charge in [-0.2, -0.15) is 0 Å². The van der Waals surface area contributed by atoms with Gasteiger partial charge in [0, 0.05) is 18.7 Å². The van der Waals surface area contributed by atoms with Crippen molar-refractivity contribution in [1.29, 1.82) is 0 Å². The molecule has 1 amide bonds. The standard InChI is InChI=1S/C15H19NO2/c1-3-14(17)12-8-6-10-16(15(12)18)13-9-5-4-7-11(13)2/h4-5,7,9,12H,3,6,8,10H2,1-2H3/t12-/m0/s1. The molecule has 1 heterocycles. The Morgan fingerprint density at radius 2 is 2.11 bits per heavy atom. The quantitative estimate of drug-likeness (QED) is 0.768. The Morgan fingerprint density at radius 3 is 2.78 bits per heavy atom. The zero-order valence-corrected chi connectivity index (χ0v) is 11.0. The molecule has 0 aliphatic carbocycles. The van der Waals surface area contributed by atoms with Crippen molar-refractivity contribution >= 4 is 17.4 Å². The molecular formula is C15H19NO2. The first-order valence-electron chi connectivity index (χ1n) is 6.55. The number of anilines is 1. The van der Waals surface area contributed by atoms with Crippen molar-refractivity contribution in [3.8, 4) is 0 Å². The van der Waals surface area contributed by atoms with Gasteiger partial charge in [-0.05, 0) is 31.4 Å². The number of benzene rings is 1. The number of nitrogens with zero attached hydrogens (tertiary/aromatic N) is 1. The lowest BCUT2D eigenvalue weighted by atomic mass is 9.91. The van der Waals surface area contributed by atoms with E-state index < -0.39 is 5.92 Å². The number of hydrogen-bond acceptors (Lipinski definition) is 2. The van der Waals surface area contributed by atoms with Gasteiger partial charge in [0.05, 0.1) is 5.92 Å². The van der Waals surface area contributed by atoms with Crippen molar-refractivity contribution in [2.45, 2.75) is 33.1 Å². The highest BCUT2D eigenvalue weighted by atomic mass is 16.2. The maximum atomic E-state index is 12.4. The first-order chi connectivity index (χ1) is 8.65. The van der Waals surface area contributed by atoms with E-state index in [1.165, 1.54) is 0 Å². The van der Waals surface area contributed by atoms with E-state index in [9.17, 15) is 9.59 Å². The van der Waals surface area contributed by atoms with Gasteiger partial charge < -0.3 is 4.90 Å². The van der Waals surface area contributed by atoms with Crippen LogP contribution in [0.2, 0.25) is 0 Å². The molecule has 2 rings (SSSR count). The second-order valence-corrected chi connectivity index (χ2v) is 4.79. The lowest BCUT2D eigenvalue weighted by Crippen LogP contribution is -2.44. The van der Waals surface area contributed by atoms with Gasteiger partial charge >= 0.3 is 0 Å². The van der Waals surface area contributed by atoms with Crippen LogP contribution in [0, 0.1) is 12.8 Å². The molecule has 0 saturated carbocycles. The molecule has 3 nitrogen and oxygen atoms in total. The fraction of sp³-hybridized carbons (Fsp3) is 0.467. The summed E-state index contributed by atoms with van der Waals surface area (Å²) in [6.07, 6.45) is 2.04. The molecule has 1 aliphatic rings. The minimum atomic E-state index is -0.427. The summed E-state index contributed by atoms with van der Waals surface area (Å²) in [7, 11) is 0. The Balaban J connectivity index is 2.27. The predicted molar refractivity (Wildman–Crippen MR) is 71.6 cm³/mol. The van der Waals surface area contributed by atoms with Crippen LogP contribution in [0.3, 0.4) is 0 Å². The molecule has 0 radical (unpaired) electrons. The largest absolute Gasteiger partial charge is 0.312 e. The highest BCUT2D eigenvalue weighted by Crippen LogP contribution is 2.27. The zero-order valence-electron chi connectivity index (χ0n) is 11.0. The van der Waals surface area contributed by atoms with Gasteiger partial charge in [-0.1, -0.05) is 25.1 Å². The van der Waals surface area contributed by atoms with Gasteiger partial charge in [-0.3, -0.25) is 9.59 Å². The number of Topliss-reactive ketones (excluding diaryl/α,β-unsaturated/α-hetero) is 1. The first kappa shape index (κ1) is 12.8. The minimum absolute atomic E-state index is 0.0256. The number of para-hydroxylation sites is 1. The number of carbonyl (C=O) groups is 2. The molecule has 96 valence electrons. The highest BCUT2D eigenvalue weighted by Gasteiger charge is 2.33. The van der Waals surface area contributed by atoms with E-state index >= 15 is 0 Å². The molecule has 1 saturated heterocycles. The summed E-state index contributed by atoms with van der Waals surface area (Å²) >= 11 is 0. The van der Waals surface area contributed by atoms with Crippen LogP contribution in [-0.4, -0.2) is 18.2 Å². The summed E-state index contributed by atoms with van der Waals surface area (Å²) in [6.45, 7) is 4.54. The number of aryl methyl sites for hydroxylation is 1. The molecule has 0 N–H and O–H groups in total. The summed E-state index contributed by atoms with van der Waals surface area (Å²) in [6, 6.07) is 7.84. The Hall–Kier alpha value is -1.64. The van der Waals surface area contributed by atoms with Crippen LogP contribution in [0.1, 0.15) is 31.7 Å². The molecular weight excluding hydrogens is 226 g/mol. The van der Waals surface area contributed by atoms with Crippen molar-refractivity contribution in [1.82, 2.24) is 0 Å². The van der Waals surface area contributed by atoms with Gasteiger partial charge in [0.15, 0.2) is 0 Å². The molecule has 1 aromatic rings. The minimum Gasteiger partial charge on any atom is -0.312 e. The van der Waals surface area contributed by atoms with E-state index in [2.05, 4.69) is 0 Å². The van der Waals surface area contributed by atoms with E-state index in [4.69, 9.17) is 0 Å². The summed E-state index contributed by atoms with van der Waals surface area (Å²) in [5, 5.41) is 0. The highest BCUT2D eigenvalue weighted by molar-refractivity contribution is 6.09. The second kappa shape index (κ2) is 5.34. The van der Waals surface area contributed by atoms with Crippen LogP contribution in [-0.2, 0) is 9.59 Å². The lowest BCUT2D eigenvalue weighted by molar-refractivity contribution is -0.133. The Morgan fingerprint density at radius 1 is 1.39 bits per heavy atom. The fourth-order valence-corrected chi connectivity index (χ4v) is 2.53. The third kappa shape index (κ3) is 2.30. The fourth-order valence-electron chi connectivity index (χ4n) is 2.53. The monoisotopic (exact) mass is 245 g/mol. The topological polar surface area (TPSA) is 37.4 Å². The van der Waals surface area contributed by atoms with E-state index in [0.717, 1.165) is 24.2 Å². The van der Waals surface area contributed by atoms with Crippen LogP contribution in [0.15, 0.2) is 24.3 Å². The third-order valence-electron chi connectivity index (χ3n) is 3.58. The van der Waals surface area contributed by atoms with E-state index in [1.54, 1.807) is 4.90 Å². The molecule has 18 heavy (non-hydrogen) atoms.